The van der Waals surface area contributed by atoms with Crippen LogP contribution in [0, 0.1) is 21.4 Å². The first kappa shape index (κ1) is 14.6. The zero-order chi connectivity index (χ0) is 15.4. The number of nitrogens with zero attached hydrogens (tertiary/aromatic N) is 2. The van der Waals surface area contributed by atoms with Crippen LogP contribution < -0.4 is 9.47 Å². The second kappa shape index (κ2) is 6.11. The second-order valence-corrected chi connectivity index (χ2v) is 4.35. The van der Waals surface area contributed by atoms with E-state index >= 15 is 0 Å². The highest BCUT2D eigenvalue weighted by Gasteiger charge is 2.17. The minimum Gasteiger partial charge on any atom is -0.497 e. The molecule has 106 valence electrons. The van der Waals surface area contributed by atoms with Crippen molar-refractivity contribution in [1.29, 1.82) is 5.26 Å². The fourth-order valence-corrected chi connectivity index (χ4v) is 1.84. The van der Waals surface area contributed by atoms with Crippen molar-refractivity contribution in [1.82, 2.24) is 0 Å². The van der Waals surface area contributed by atoms with Gasteiger partial charge in [0, 0.05) is 18.2 Å². The van der Waals surface area contributed by atoms with Crippen LogP contribution in [-0.2, 0) is 0 Å². The SMILES string of the molecule is COc1ccc([N+](=O)[O-])c(Oc2ccc(C#N)c(Cl)c2)c1. The molecule has 2 aromatic rings. The monoisotopic (exact) mass is 304 g/mol. The van der Waals surface area contributed by atoms with Crippen molar-refractivity contribution in [2.24, 2.45) is 0 Å². The minimum absolute atomic E-state index is 0.0279. The van der Waals surface area contributed by atoms with Gasteiger partial charge in [-0.3, -0.25) is 10.1 Å². The normalized spacial score (nSPS) is 9.76. The van der Waals surface area contributed by atoms with E-state index in [-0.39, 0.29) is 22.2 Å². The Labute approximate surface area is 125 Å². The van der Waals surface area contributed by atoms with Crippen LogP contribution in [0.25, 0.3) is 0 Å². The molecule has 0 spiro atoms. The fraction of sp³-hybridized carbons (Fsp3) is 0.0714. The zero-order valence-electron chi connectivity index (χ0n) is 10.9. The molecule has 0 fully saturated rings. The van der Waals surface area contributed by atoms with E-state index in [0.717, 1.165) is 0 Å². The predicted molar refractivity (Wildman–Crippen MR) is 75.9 cm³/mol. The summed E-state index contributed by atoms with van der Waals surface area (Å²) in [5.74, 6) is 0.741. The molecule has 0 N–H and O–H groups in total. The summed E-state index contributed by atoms with van der Waals surface area (Å²) in [6.45, 7) is 0. The molecule has 0 aliphatic heterocycles. The molecule has 0 amide bonds. The van der Waals surface area contributed by atoms with Gasteiger partial charge in [-0.2, -0.15) is 5.26 Å². The molecular formula is C14H9ClN2O4. The number of nitriles is 1. The molecule has 0 radical (unpaired) electrons. The van der Waals surface area contributed by atoms with Gasteiger partial charge in [0.2, 0.25) is 5.75 Å². The molecule has 2 rings (SSSR count). The molecule has 0 heterocycles. The second-order valence-electron chi connectivity index (χ2n) is 3.95. The van der Waals surface area contributed by atoms with E-state index in [1.54, 1.807) is 0 Å². The largest absolute Gasteiger partial charge is 0.497 e. The van der Waals surface area contributed by atoms with Crippen LogP contribution in [-0.4, -0.2) is 12.0 Å². The maximum absolute atomic E-state index is 11.0. The third-order valence-electron chi connectivity index (χ3n) is 2.65. The van der Waals surface area contributed by atoms with Gasteiger partial charge in [0.15, 0.2) is 0 Å². The van der Waals surface area contributed by atoms with Gasteiger partial charge in [-0.25, -0.2) is 0 Å². The first-order valence-corrected chi connectivity index (χ1v) is 6.13. The van der Waals surface area contributed by atoms with E-state index < -0.39 is 4.92 Å². The maximum Gasteiger partial charge on any atom is 0.311 e. The number of hydrogen-bond acceptors (Lipinski definition) is 5. The van der Waals surface area contributed by atoms with Gasteiger partial charge in [-0.1, -0.05) is 11.6 Å². The topological polar surface area (TPSA) is 85.4 Å². The summed E-state index contributed by atoms with van der Waals surface area (Å²) in [5.41, 5.74) is 0.0976. The number of halogens is 1. The highest BCUT2D eigenvalue weighted by molar-refractivity contribution is 6.31. The van der Waals surface area contributed by atoms with Crippen LogP contribution in [0.5, 0.6) is 17.2 Å². The third kappa shape index (κ3) is 3.22. The summed E-state index contributed by atoms with van der Waals surface area (Å²) in [4.78, 5) is 10.4. The Morgan fingerprint density at radius 1 is 1.24 bits per heavy atom. The molecule has 0 aromatic heterocycles. The van der Waals surface area contributed by atoms with E-state index in [4.69, 9.17) is 26.3 Å². The van der Waals surface area contributed by atoms with E-state index in [1.807, 2.05) is 6.07 Å². The quantitative estimate of drug-likeness (QED) is 0.631. The lowest BCUT2D eigenvalue weighted by Gasteiger charge is -2.08. The summed E-state index contributed by atoms with van der Waals surface area (Å²) in [7, 11) is 1.45. The summed E-state index contributed by atoms with van der Waals surface area (Å²) in [5, 5.41) is 20.0. The third-order valence-corrected chi connectivity index (χ3v) is 2.97. The van der Waals surface area contributed by atoms with Crippen LogP contribution >= 0.6 is 11.6 Å². The number of ether oxygens (including phenoxy) is 2. The van der Waals surface area contributed by atoms with Crippen molar-refractivity contribution >= 4 is 17.3 Å². The van der Waals surface area contributed by atoms with Gasteiger partial charge in [0.25, 0.3) is 0 Å². The van der Waals surface area contributed by atoms with Crippen molar-refractivity contribution < 1.29 is 14.4 Å². The summed E-state index contributed by atoms with van der Waals surface area (Å²) in [6.07, 6.45) is 0. The molecule has 0 aliphatic carbocycles. The van der Waals surface area contributed by atoms with Crippen molar-refractivity contribution in [3.8, 4) is 23.3 Å². The molecule has 0 atom stereocenters. The molecule has 0 saturated carbocycles. The standard InChI is InChI=1S/C14H9ClN2O4/c1-20-10-4-5-13(17(18)19)14(7-10)21-11-3-2-9(8-16)12(15)6-11/h2-7H,1H3. The van der Waals surface area contributed by atoms with E-state index in [0.29, 0.717) is 11.3 Å². The lowest BCUT2D eigenvalue weighted by atomic mass is 10.2. The Morgan fingerprint density at radius 2 is 1.95 bits per heavy atom. The summed E-state index contributed by atoms with van der Waals surface area (Å²) >= 11 is 5.90. The molecule has 21 heavy (non-hydrogen) atoms. The van der Waals surface area contributed by atoms with Crippen molar-refractivity contribution in [2.75, 3.05) is 7.11 Å². The molecule has 7 heteroatoms. The van der Waals surface area contributed by atoms with Gasteiger partial charge >= 0.3 is 5.69 Å². The molecule has 0 saturated heterocycles. The Morgan fingerprint density at radius 3 is 2.52 bits per heavy atom. The predicted octanol–water partition coefficient (Wildman–Crippen LogP) is 3.92. The van der Waals surface area contributed by atoms with E-state index in [2.05, 4.69) is 0 Å². The fourth-order valence-electron chi connectivity index (χ4n) is 1.63. The minimum atomic E-state index is -0.556. The Kier molecular flexibility index (Phi) is 4.26. The van der Waals surface area contributed by atoms with Crippen molar-refractivity contribution in [2.45, 2.75) is 0 Å². The Balaban J connectivity index is 2.40. The number of benzene rings is 2. The zero-order valence-corrected chi connectivity index (χ0v) is 11.6. The van der Waals surface area contributed by atoms with E-state index in [9.17, 15) is 10.1 Å². The lowest BCUT2D eigenvalue weighted by molar-refractivity contribution is -0.385. The Hall–Kier alpha value is -2.78. The lowest BCUT2D eigenvalue weighted by Crippen LogP contribution is -1.95. The first-order valence-electron chi connectivity index (χ1n) is 5.75. The molecular weight excluding hydrogens is 296 g/mol. The highest BCUT2D eigenvalue weighted by Crippen LogP contribution is 2.35. The van der Waals surface area contributed by atoms with Gasteiger partial charge in [-0.05, 0) is 18.2 Å². The van der Waals surface area contributed by atoms with Gasteiger partial charge in [0.05, 0.1) is 22.6 Å². The highest BCUT2D eigenvalue weighted by atomic mass is 35.5. The van der Waals surface area contributed by atoms with Crippen LogP contribution in [0.4, 0.5) is 5.69 Å². The van der Waals surface area contributed by atoms with Gasteiger partial charge in [0.1, 0.15) is 17.6 Å². The van der Waals surface area contributed by atoms with Crippen LogP contribution in [0.15, 0.2) is 36.4 Å². The molecule has 2 aromatic carbocycles. The molecule has 6 nitrogen and oxygen atoms in total. The van der Waals surface area contributed by atoms with Gasteiger partial charge < -0.3 is 9.47 Å². The van der Waals surface area contributed by atoms with Gasteiger partial charge in [-0.15, -0.1) is 0 Å². The average molecular weight is 305 g/mol. The van der Waals surface area contributed by atoms with Crippen LogP contribution in [0.3, 0.4) is 0 Å². The molecule has 0 aliphatic rings. The number of rotatable bonds is 4. The number of hydrogen-bond donors (Lipinski definition) is 0. The molecule has 0 bridgehead atoms. The summed E-state index contributed by atoms with van der Waals surface area (Å²) < 4.78 is 10.5. The maximum atomic E-state index is 11.0. The van der Waals surface area contributed by atoms with Crippen molar-refractivity contribution in [3.05, 3.63) is 57.1 Å². The number of methoxy groups -OCH3 is 1. The Bertz CT molecular complexity index is 740. The smallest absolute Gasteiger partial charge is 0.311 e. The first-order chi connectivity index (χ1) is 10.0. The summed E-state index contributed by atoms with van der Waals surface area (Å²) in [6, 6.07) is 10.5. The number of nitro benzene ring substituents is 1. The van der Waals surface area contributed by atoms with Crippen LogP contribution in [0.2, 0.25) is 5.02 Å². The number of nitro groups is 1. The van der Waals surface area contributed by atoms with E-state index in [1.165, 1.54) is 43.5 Å². The van der Waals surface area contributed by atoms with Crippen molar-refractivity contribution in [3.63, 3.8) is 0 Å². The average Bonchev–Trinajstić information content (AvgIpc) is 2.47. The van der Waals surface area contributed by atoms with Crippen LogP contribution in [0.1, 0.15) is 5.56 Å². The molecule has 0 unspecified atom stereocenters.